The number of nitrogens with zero attached hydrogens (tertiary/aromatic N) is 2. The van der Waals surface area contributed by atoms with Gasteiger partial charge < -0.3 is 10.6 Å². The standard InChI is InChI=1S/C15H25N3O/c1-12(2)18(4)15(19)11-17(3)10-14-8-6-5-7-13(14)9-16/h5-8,12H,9-11,16H2,1-4H3. The number of hydrogen-bond acceptors (Lipinski definition) is 3. The van der Waals surface area contributed by atoms with E-state index in [1.807, 2.05) is 51.0 Å². The minimum Gasteiger partial charge on any atom is -0.342 e. The van der Waals surface area contributed by atoms with Crippen molar-refractivity contribution in [3.8, 4) is 0 Å². The van der Waals surface area contributed by atoms with E-state index >= 15 is 0 Å². The first-order valence-corrected chi connectivity index (χ1v) is 6.66. The van der Waals surface area contributed by atoms with Crippen molar-refractivity contribution in [3.63, 3.8) is 0 Å². The summed E-state index contributed by atoms with van der Waals surface area (Å²) in [6.07, 6.45) is 0. The molecule has 106 valence electrons. The second kappa shape index (κ2) is 7.26. The van der Waals surface area contributed by atoms with Gasteiger partial charge in [0.05, 0.1) is 6.54 Å². The molecule has 1 aromatic carbocycles. The maximum absolute atomic E-state index is 12.0. The Hall–Kier alpha value is -1.39. The Kier molecular flexibility index (Phi) is 5.99. The summed E-state index contributed by atoms with van der Waals surface area (Å²) in [6, 6.07) is 8.33. The smallest absolute Gasteiger partial charge is 0.236 e. The molecular weight excluding hydrogens is 238 g/mol. The monoisotopic (exact) mass is 263 g/mol. The van der Waals surface area contributed by atoms with Gasteiger partial charge in [0.15, 0.2) is 0 Å². The Morgan fingerprint density at radius 3 is 2.32 bits per heavy atom. The van der Waals surface area contributed by atoms with E-state index in [0.717, 1.165) is 12.1 Å². The van der Waals surface area contributed by atoms with Gasteiger partial charge >= 0.3 is 0 Å². The van der Waals surface area contributed by atoms with Gasteiger partial charge in [-0.05, 0) is 32.0 Å². The fourth-order valence-electron chi connectivity index (χ4n) is 1.89. The third-order valence-electron chi connectivity index (χ3n) is 3.35. The Labute approximate surface area is 116 Å². The molecule has 0 unspecified atom stereocenters. The Morgan fingerprint density at radius 2 is 1.79 bits per heavy atom. The van der Waals surface area contributed by atoms with E-state index in [9.17, 15) is 4.79 Å². The molecule has 1 rings (SSSR count). The first-order chi connectivity index (χ1) is 8.95. The molecule has 0 saturated heterocycles. The zero-order chi connectivity index (χ0) is 14.4. The maximum Gasteiger partial charge on any atom is 0.236 e. The van der Waals surface area contributed by atoms with Crippen molar-refractivity contribution < 1.29 is 4.79 Å². The second-order valence-corrected chi connectivity index (χ2v) is 5.24. The van der Waals surface area contributed by atoms with Crippen LogP contribution in [0.4, 0.5) is 0 Å². The lowest BCUT2D eigenvalue weighted by molar-refractivity contribution is -0.132. The predicted octanol–water partition coefficient (Wildman–Crippen LogP) is 1.44. The molecule has 2 N–H and O–H groups in total. The topological polar surface area (TPSA) is 49.6 Å². The number of nitrogens with two attached hydrogens (primary N) is 1. The van der Waals surface area contributed by atoms with Crippen LogP contribution in [0.5, 0.6) is 0 Å². The van der Waals surface area contributed by atoms with Gasteiger partial charge in [-0.3, -0.25) is 9.69 Å². The van der Waals surface area contributed by atoms with Crippen LogP contribution >= 0.6 is 0 Å². The highest BCUT2D eigenvalue weighted by Crippen LogP contribution is 2.10. The van der Waals surface area contributed by atoms with Gasteiger partial charge in [-0.2, -0.15) is 0 Å². The van der Waals surface area contributed by atoms with Crippen LogP contribution in [-0.2, 0) is 17.9 Å². The van der Waals surface area contributed by atoms with E-state index < -0.39 is 0 Å². The highest BCUT2D eigenvalue weighted by Gasteiger charge is 2.14. The summed E-state index contributed by atoms with van der Waals surface area (Å²) in [7, 11) is 3.80. The molecule has 0 saturated carbocycles. The van der Waals surface area contributed by atoms with Crippen molar-refractivity contribution in [1.82, 2.24) is 9.80 Å². The zero-order valence-electron chi connectivity index (χ0n) is 12.4. The number of amides is 1. The lowest BCUT2D eigenvalue weighted by Gasteiger charge is -2.25. The van der Waals surface area contributed by atoms with Crippen LogP contribution in [0.1, 0.15) is 25.0 Å². The number of benzene rings is 1. The largest absolute Gasteiger partial charge is 0.342 e. The molecule has 0 spiro atoms. The molecule has 4 heteroatoms. The predicted molar refractivity (Wildman–Crippen MR) is 78.6 cm³/mol. The minimum absolute atomic E-state index is 0.141. The van der Waals surface area contributed by atoms with Crippen LogP contribution in [-0.4, -0.2) is 42.4 Å². The number of likely N-dealkylation sites (N-methyl/N-ethyl adjacent to an activating group) is 2. The summed E-state index contributed by atoms with van der Waals surface area (Å²) in [5.74, 6) is 0.141. The molecule has 4 nitrogen and oxygen atoms in total. The highest BCUT2D eigenvalue weighted by atomic mass is 16.2. The van der Waals surface area contributed by atoms with Gasteiger partial charge in [0.2, 0.25) is 5.91 Å². The molecule has 1 amide bonds. The van der Waals surface area contributed by atoms with Crippen LogP contribution < -0.4 is 5.73 Å². The molecule has 1 aromatic rings. The Bertz CT molecular complexity index is 418. The fraction of sp³-hybridized carbons (Fsp3) is 0.533. The van der Waals surface area contributed by atoms with Crippen molar-refractivity contribution in [3.05, 3.63) is 35.4 Å². The van der Waals surface area contributed by atoms with Crippen LogP contribution in [0.3, 0.4) is 0 Å². The van der Waals surface area contributed by atoms with E-state index in [-0.39, 0.29) is 11.9 Å². The average Bonchev–Trinajstić information content (AvgIpc) is 2.38. The molecule has 0 atom stereocenters. The molecule has 0 aliphatic rings. The van der Waals surface area contributed by atoms with Crippen LogP contribution in [0, 0.1) is 0 Å². The third-order valence-corrected chi connectivity index (χ3v) is 3.35. The molecule has 0 heterocycles. The van der Waals surface area contributed by atoms with Crippen molar-refractivity contribution >= 4 is 5.91 Å². The van der Waals surface area contributed by atoms with Crippen molar-refractivity contribution in [2.45, 2.75) is 33.0 Å². The molecule has 0 aromatic heterocycles. The molecule has 0 radical (unpaired) electrons. The first kappa shape index (κ1) is 15.7. The summed E-state index contributed by atoms with van der Waals surface area (Å²) >= 11 is 0. The SMILES string of the molecule is CC(C)N(C)C(=O)CN(C)Cc1ccccc1CN. The Morgan fingerprint density at radius 1 is 1.21 bits per heavy atom. The van der Waals surface area contributed by atoms with Gasteiger partial charge in [-0.1, -0.05) is 24.3 Å². The molecule has 0 bridgehead atoms. The molecule has 0 aliphatic carbocycles. The van der Waals surface area contributed by atoms with Gasteiger partial charge in [0.25, 0.3) is 0 Å². The third kappa shape index (κ3) is 4.65. The minimum atomic E-state index is 0.141. The zero-order valence-corrected chi connectivity index (χ0v) is 12.4. The van der Waals surface area contributed by atoms with Gasteiger partial charge in [-0.15, -0.1) is 0 Å². The number of rotatable bonds is 6. The van der Waals surface area contributed by atoms with Crippen LogP contribution in [0.2, 0.25) is 0 Å². The lowest BCUT2D eigenvalue weighted by atomic mass is 10.1. The molecule has 0 fully saturated rings. The van der Waals surface area contributed by atoms with Gasteiger partial charge in [-0.25, -0.2) is 0 Å². The molecular formula is C15H25N3O. The normalized spacial score (nSPS) is 11.1. The maximum atomic E-state index is 12.0. The molecule has 19 heavy (non-hydrogen) atoms. The first-order valence-electron chi connectivity index (χ1n) is 6.66. The fourth-order valence-corrected chi connectivity index (χ4v) is 1.89. The van der Waals surface area contributed by atoms with Gasteiger partial charge in [0, 0.05) is 26.2 Å². The highest BCUT2D eigenvalue weighted by molar-refractivity contribution is 5.78. The van der Waals surface area contributed by atoms with Crippen molar-refractivity contribution in [2.24, 2.45) is 5.73 Å². The van der Waals surface area contributed by atoms with Crippen LogP contribution in [0.15, 0.2) is 24.3 Å². The van der Waals surface area contributed by atoms with Crippen molar-refractivity contribution in [1.29, 1.82) is 0 Å². The van der Waals surface area contributed by atoms with Crippen LogP contribution in [0.25, 0.3) is 0 Å². The van der Waals surface area contributed by atoms with E-state index in [0.29, 0.717) is 13.1 Å². The summed E-state index contributed by atoms with van der Waals surface area (Å²) < 4.78 is 0. The van der Waals surface area contributed by atoms with E-state index in [1.165, 1.54) is 5.56 Å². The average molecular weight is 263 g/mol. The number of hydrogen-bond donors (Lipinski definition) is 1. The summed E-state index contributed by atoms with van der Waals surface area (Å²) in [5, 5.41) is 0. The Balaban J connectivity index is 2.60. The van der Waals surface area contributed by atoms with E-state index in [2.05, 4.69) is 6.07 Å². The van der Waals surface area contributed by atoms with Crippen molar-refractivity contribution in [2.75, 3.05) is 20.6 Å². The summed E-state index contributed by atoms with van der Waals surface area (Å²) in [5.41, 5.74) is 8.05. The summed E-state index contributed by atoms with van der Waals surface area (Å²) in [6.45, 7) is 5.73. The number of carbonyl (C=O) groups is 1. The van der Waals surface area contributed by atoms with E-state index in [4.69, 9.17) is 5.73 Å². The lowest BCUT2D eigenvalue weighted by Crippen LogP contribution is -2.40. The van der Waals surface area contributed by atoms with Gasteiger partial charge in [0.1, 0.15) is 0 Å². The summed E-state index contributed by atoms with van der Waals surface area (Å²) in [4.78, 5) is 15.8. The quantitative estimate of drug-likeness (QED) is 0.845. The second-order valence-electron chi connectivity index (χ2n) is 5.24. The number of carbonyl (C=O) groups excluding carboxylic acids is 1. The molecule has 0 aliphatic heterocycles. The van der Waals surface area contributed by atoms with E-state index in [1.54, 1.807) is 4.90 Å².